The van der Waals surface area contributed by atoms with E-state index >= 15 is 0 Å². The molecule has 200 valence electrons. The van der Waals surface area contributed by atoms with Gasteiger partial charge in [-0.15, -0.1) is 0 Å². The Bertz CT molecular complexity index is 1140. The number of primary amides is 1. The Hall–Kier alpha value is -3.50. The van der Waals surface area contributed by atoms with Crippen molar-refractivity contribution in [3.8, 4) is 17.2 Å². The summed E-state index contributed by atoms with van der Waals surface area (Å²) in [7, 11) is 1.44. The van der Waals surface area contributed by atoms with Crippen LogP contribution in [0.15, 0.2) is 41.5 Å². The monoisotopic (exact) mass is 552 g/mol. The van der Waals surface area contributed by atoms with Gasteiger partial charge >= 0.3 is 0 Å². The number of ether oxygens (including phenoxy) is 3. The van der Waals surface area contributed by atoms with Crippen molar-refractivity contribution in [3.05, 3.63) is 52.0 Å². The van der Waals surface area contributed by atoms with Crippen molar-refractivity contribution < 1.29 is 28.6 Å². The molecule has 0 bridgehead atoms. The molecule has 0 saturated carbocycles. The summed E-state index contributed by atoms with van der Waals surface area (Å²) in [6, 6.07) is 8.75. The fraction of sp³-hybridized carbons (Fsp3) is 0.360. The molecule has 3 amide bonds. The lowest BCUT2D eigenvalue weighted by molar-refractivity contribution is -0.132. The summed E-state index contributed by atoms with van der Waals surface area (Å²) >= 11 is 12.0. The molecule has 0 aromatic heterocycles. The zero-order chi connectivity index (χ0) is 27.5. The minimum atomic E-state index is -0.939. The maximum atomic E-state index is 12.9. The number of nitrogens with one attached hydrogen (secondary N) is 2. The van der Waals surface area contributed by atoms with E-state index in [0.29, 0.717) is 22.8 Å². The summed E-state index contributed by atoms with van der Waals surface area (Å²) in [5.74, 6) is -0.726. The number of rotatable bonds is 13. The average molecular weight is 553 g/mol. The normalized spacial score (nSPS) is 12.6. The van der Waals surface area contributed by atoms with Crippen LogP contribution in [0.5, 0.6) is 17.2 Å². The number of nitrogens with two attached hydrogens (primary N) is 1. The molecule has 0 heterocycles. The third-order valence-electron chi connectivity index (χ3n) is 4.87. The van der Waals surface area contributed by atoms with Gasteiger partial charge in [0.05, 0.1) is 18.3 Å². The van der Waals surface area contributed by atoms with Gasteiger partial charge in [0.25, 0.3) is 17.7 Å². The average Bonchev–Trinajstić information content (AvgIpc) is 2.83. The van der Waals surface area contributed by atoms with E-state index in [2.05, 4.69) is 15.8 Å². The van der Waals surface area contributed by atoms with E-state index in [9.17, 15) is 14.4 Å². The number of benzene rings is 2. The Morgan fingerprint density at radius 3 is 2.43 bits per heavy atom. The molecule has 2 aromatic carbocycles. The van der Waals surface area contributed by atoms with Crippen LogP contribution in [0.4, 0.5) is 0 Å². The first-order valence-corrected chi connectivity index (χ1v) is 12.1. The summed E-state index contributed by atoms with van der Waals surface area (Å²) in [6.45, 7) is 5.01. The van der Waals surface area contributed by atoms with Crippen molar-refractivity contribution in [1.82, 2.24) is 10.7 Å². The van der Waals surface area contributed by atoms with Gasteiger partial charge < -0.3 is 25.3 Å². The van der Waals surface area contributed by atoms with E-state index in [-0.39, 0.29) is 29.0 Å². The number of amides is 3. The highest BCUT2D eigenvalue weighted by atomic mass is 35.5. The van der Waals surface area contributed by atoms with Crippen LogP contribution in [0.1, 0.15) is 32.8 Å². The van der Waals surface area contributed by atoms with E-state index in [1.807, 2.05) is 13.8 Å². The van der Waals surface area contributed by atoms with Crippen molar-refractivity contribution in [3.63, 3.8) is 0 Å². The molecule has 0 aliphatic rings. The number of halogens is 2. The molecule has 0 aliphatic heterocycles. The highest BCUT2D eigenvalue weighted by Crippen LogP contribution is 2.30. The van der Waals surface area contributed by atoms with Crippen LogP contribution in [-0.4, -0.2) is 49.8 Å². The fourth-order valence-electron chi connectivity index (χ4n) is 3.14. The van der Waals surface area contributed by atoms with Gasteiger partial charge in [-0.1, -0.05) is 43.1 Å². The molecular formula is C25H30Cl2N4O6. The lowest BCUT2D eigenvalue weighted by Crippen LogP contribution is -2.49. The molecule has 0 fully saturated rings. The molecule has 0 saturated heterocycles. The maximum absolute atomic E-state index is 12.9. The number of hydrogen-bond donors (Lipinski definition) is 3. The highest BCUT2D eigenvalue weighted by molar-refractivity contribution is 6.35. The number of methoxy groups -OCH3 is 1. The summed E-state index contributed by atoms with van der Waals surface area (Å²) in [5, 5.41) is 7.37. The third-order valence-corrected chi connectivity index (χ3v) is 5.40. The van der Waals surface area contributed by atoms with Crippen molar-refractivity contribution in [2.45, 2.75) is 39.3 Å². The van der Waals surface area contributed by atoms with Gasteiger partial charge in [0.1, 0.15) is 11.8 Å². The van der Waals surface area contributed by atoms with Crippen molar-refractivity contribution in [2.24, 2.45) is 16.8 Å². The van der Waals surface area contributed by atoms with Crippen molar-refractivity contribution in [1.29, 1.82) is 0 Å². The summed E-state index contributed by atoms with van der Waals surface area (Å²) in [5.41, 5.74) is 8.03. The van der Waals surface area contributed by atoms with Crippen LogP contribution < -0.4 is 30.7 Å². The molecule has 0 unspecified atom stereocenters. The van der Waals surface area contributed by atoms with Gasteiger partial charge in [-0.2, -0.15) is 5.10 Å². The molecule has 12 heteroatoms. The fourth-order valence-corrected chi connectivity index (χ4v) is 3.60. The van der Waals surface area contributed by atoms with Crippen molar-refractivity contribution >= 4 is 47.1 Å². The number of hydrazone groups is 1. The standard InChI is InChI=1S/C25H30Cl2N4O6/c1-14(2)10-19(30-24(33)15(3)37-20-9-8-17(26)11-18(20)27)25(34)31-29-12-16-6-5-7-21(35-4)23(16)36-13-22(28)32/h5-9,11-12,14-15,19H,10,13H2,1-4H3,(H2,28,32)(H,30,33)(H,31,34)/b29-12-/t15-,19-/m1/s1. The zero-order valence-electron chi connectivity index (χ0n) is 20.9. The van der Waals surface area contributed by atoms with Crippen LogP contribution in [-0.2, 0) is 14.4 Å². The van der Waals surface area contributed by atoms with E-state index in [1.165, 1.54) is 19.4 Å². The Morgan fingerprint density at radius 2 is 1.81 bits per heavy atom. The van der Waals surface area contributed by atoms with Crippen LogP contribution >= 0.6 is 23.2 Å². The topological polar surface area (TPSA) is 141 Å². The first-order valence-electron chi connectivity index (χ1n) is 11.3. The number of nitrogens with zero attached hydrogens (tertiary/aromatic N) is 1. The van der Waals surface area contributed by atoms with Gasteiger partial charge in [0.15, 0.2) is 24.2 Å². The third kappa shape index (κ3) is 9.47. The maximum Gasteiger partial charge on any atom is 0.262 e. The summed E-state index contributed by atoms with van der Waals surface area (Å²) in [6.07, 6.45) is 0.749. The summed E-state index contributed by atoms with van der Waals surface area (Å²) in [4.78, 5) is 36.8. The second-order valence-electron chi connectivity index (χ2n) is 8.39. The van der Waals surface area contributed by atoms with E-state index in [0.717, 1.165) is 0 Å². The van der Waals surface area contributed by atoms with E-state index in [1.54, 1.807) is 37.3 Å². The molecule has 0 spiro atoms. The Morgan fingerprint density at radius 1 is 1.08 bits per heavy atom. The molecular weight excluding hydrogens is 523 g/mol. The second kappa shape index (κ2) is 14.3. The van der Waals surface area contributed by atoms with Gasteiger partial charge in [-0.25, -0.2) is 5.43 Å². The Labute approximate surface area is 225 Å². The summed E-state index contributed by atoms with van der Waals surface area (Å²) < 4.78 is 16.3. The number of carbonyl (C=O) groups is 3. The minimum absolute atomic E-state index is 0.0918. The minimum Gasteiger partial charge on any atom is -0.493 e. The first-order chi connectivity index (χ1) is 17.5. The quantitative estimate of drug-likeness (QED) is 0.257. The van der Waals surface area contributed by atoms with Crippen molar-refractivity contribution in [2.75, 3.05) is 13.7 Å². The smallest absolute Gasteiger partial charge is 0.262 e. The lowest BCUT2D eigenvalue weighted by Gasteiger charge is -2.22. The van der Waals surface area contributed by atoms with E-state index < -0.39 is 29.9 Å². The van der Waals surface area contributed by atoms with E-state index in [4.69, 9.17) is 43.1 Å². The SMILES string of the molecule is COc1cccc(/C=N\NC(=O)[C@@H](CC(C)C)NC(=O)[C@@H](C)Oc2ccc(Cl)cc2Cl)c1OCC(N)=O. The second-order valence-corrected chi connectivity index (χ2v) is 9.24. The zero-order valence-corrected chi connectivity index (χ0v) is 22.4. The molecule has 2 atom stereocenters. The molecule has 37 heavy (non-hydrogen) atoms. The molecule has 10 nitrogen and oxygen atoms in total. The lowest BCUT2D eigenvalue weighted by atomic mass is 10.0. The number of hydrogen-bond acceptors (Lipinski definition) is 7. The molecule has 2 aromatic rings. The highest BCUT2D eigenvalue weighted by Gasteiger charge is 2.25. The van der Waals surface area contributed by atoms with Gasteiger partial charge in [-0.3, -0.25) is 14.4 Å². The Balaban J connectivity index is 2.09. The number of carbonyl (C=O) groups excluding carboxylic acids is 3. The van der Waals surface area contributed by atoms with Crippen LogP contribution in [0.25, 0.3) is 0 Å². The first kappa shape index (κ1) is 29.7. The molecule has 0 aliphatic carbocycles. The Kier molecular flexibility index (Phi) is 11.5. The van der Waals surface area contributed by atoms with Crippen LogP contribution in [0, 0.1) is 5.92 Å². The number of para-hydroxylation sites is 1. The molecule has 2 rings (SSSR count). The molecule has 4 N–H and O–H groups in total. The van der Waals surface area contributed by atoms with Gasteiger partial charge in [0, 0.05) is 10.6 Å². The van der Waals surface area contributed by atoms with Gasteiger partial charge in [0.2, 0.25) is 0 Å². The molecule has 0 radical (unpaired) electrons. The van der Waals surface area contributed by atoms with Crippen LogP contribution in [0.3, 0.4) is 0 Å². The predicted octanol–water partition coefficient (Wildman–Crippen LogP) is 3.31. The van der Waals surface area contributed by atoms with Crippen LogP contribution in [0.2, 0.25) is 10.0 Å². The largest absolute Gasteiger partial charge is 0.493 e. The van der Waals surface area contributed by atoms with Gasteiger partial charge in [-0.05, 0) is 49.6 Å². The predicted molar refractivity (Wildman–Crippen MR) is 141 cm³/mol.